The first-order chi connectivity index (χ1) is 8.06. The standard InChI is InChI=1S/C13H26N2O2/c1-5-9(3)14-13(16)10(4)15-11-7-12(8-11)17-6-2/h9-12,15H,5-8H2,1-4H3,(H,14,16). The van der Waals surface area contributed by atoms with Crippen LogP contribution in [0.3, 0.4) is 0 Å². The molecular weight excluding hydrogens is 216 g/mol. The number of carbonyl (C=O) groups is 1. The minimum Gasteiger partial charge on any atom is -0.378 e. The number of nitrogens with one attached hydrogen (secondary N) is 2. The lowest BCUT2D eigenvalue weighted by atomic mass is 9.88. The normalized spacial score (nSPS) is 27.1. The molecule has 2 atom stereocenters. The third-order valence-electron chi connectivity index (χ3n) is 3.38. The minimum absolute atomic E-state index is 0.0965. The van der Waals surface area contributed by atoms with Crippen molar-refractivity contribution in [3.63, 3.8) is 0 Å². The molecule has 0 aliphatic heterocycles. The quantitative estimate of drug-likeness (QED) is 0.710. The second kappa shape index (κ2) is 6.97. The molecule has 2 N–H and O–H groups in total. The van der Waals surface area contributed by atoms with Crippen LogP contribution in [0.15, 0.2) is 0 Å². The SMILES string of the molecule is CCOC1CC(NC(C)C(=O)NC(C)CC)C1. The number of ether oxygens (including phenoxy) is 1. The highest BCUT2D eigenvalue weighted by molar-refractivity contribution is 5.81. The second-order valence-electron chi connectivity index (χ2n) is 4.95. The Hall–Kier alpha value is -0.610. The van der Waals surface area contributed by atoms with Gasteiger partial charge in [-0.25, -0.2) is 0 Å². The van der Waals surface area contributed by atoms with E-state index in [2.05, 4.69) is 17.6 Å². The maximum Gasteiger partial charge on any atom is 0.237 e. The molecule has 1 aliphatic carbocycles. The Morgan fingerprint density at radius 2 is 2.00 bits per heavy atom. The molecule has 0 spiro atoms. The third-order valence-corrected chi connectivity index (χ3v) is 3.38. The highest BCUT2D eigenvalue weighted by Crippen LogP contribution is 2.23. The van der Waals surface area contributed by atoms with Crippen LogP contribution in [-0.4, -0.2) is 36.7 Å². The van der Waals surface area contributed by atoms with E-state index in [4.69, 9.17) is 4.74 Å². The Bertz CT molecular complexity index is 240. The van der Waals surface area contributed by atoms with E-state index in [9.17, 15) is 4.79 Å². The van der Waals surface area contributed by atoms with Crippen LogP contribution in [-0.2, 0) is 9.53 Å². The molecule has 4 nitrogen and oxygen atoms in total. The third kappa shape index (κ3) is 4.64. The van der Waals surface area contributed by atoms with Crippen molar-refractivity contribution in [2.24, 2.45) is 0 Å². The van der Waals surface area contributed by atoms with E-state index < -0.39 is 0 Å². The van der Waals surface area contributed by atoms with Crippen LogP contribution in [0.4, 0.5) is 0 Å². The number of rotatable bonds is 7. The van der Waals surface area contributed by atoms with Crippen LogP contribution in [0.2, 0.25) is 0 Å². The van der Waals surface area contributed by atoms with Gasteiger partial charge in [0.2, 0.25) is 5.91 Å². The zero-order valence-electron chi connectivity index (χ0n) is 11.5. The molecule has 0 bridgehead atoms. The molecule has 1 rings (SSSR count). The lowest BCUT2D eigenvalue weighted by Crippen LogP contribution is -2.54. The Morgan fingerprint density at radius 1 is 1.35 bits per heavy atom. The Kier molecular flexibility index (Phi) is 5.92. The van der Waals surface area contributed by atoms with Gasteiger partial charge < -0.3 is 15.4 Å². The van der Waals surface area contributed by atoms with Crippen molar-refractivity contribution in [3.8, 4) is 0 Å². The van der Waals surface area contributed by atoms with Crippen LogP contribution in [0.1, 0.15) is 47.0 Å². The summed E-state index contributed by atoms with van der Waals surface area (Å²) in [5.74, 6) is 0.0965. The average Bonchev–Trinajstić information content (AvgIpc) is 2.25. The van der Waals surface area contributed by atoms with Gasteiger partial charge in [0.1, 0.15) is 0 Å². The fraction of sp³-hybridized carbons (Fsp3) is 0.923. The number of hydrogen-bond acceptors (Lipinski definition) is 3. The molecular formula is C13H26N2O2. The minimum atomic E-state index is -0.114. The molecule has 0 saturated heterocycles. The molecule has 0 aromatic heterocycles. The maximum absolute atomic E-state index is 11.8. The van der Waals surface area contributed by atoms with Crippen LogP contribution in [0.5, 0.6) is 0 Å². The van der Waals surface area contributed by atoms with Gasteiger partial charge in [0.25, 0.3) is 0 Å². The Morgan fingerprint density at radius 3 is 2.53 bits per heavy atom. The molecule has 1 amide bonds. The van der Waals surface area contributed by atoms with Crippen LogP contribution >= 0.6 is 0 Å². The first kappa shape index (κ1) is 14.5. The summed E-state index contributed by atoms with van der Waals surface area (Å²) in [6, 6.07) is 0.574. The van der Waals surface area contributed by atoms with Crippen molar-refractivity contribution in [1.82, 2.24) is 10.6 Å². The summed E-state index contributed by atoms with van der Waals surface area (Å²) in [6.07, 6.45) is 3.40. The fourth-order valence-electron chi connectivity index (χ4n) is 1.97. The van der Waals surface area contributed by atoms with Crippen molar-refractivity contribution < 1.29 is 9.53 Å². The highest BCUT2D eigenvalue weighted by Gasteiger charge is 2.31. The lowest BCUT2D eigenvalue weighted by Gasteiger charge is -2.37. The number of amides is 1. The van der Waals surface area contributed by atoms with Crippen LogP contribution in [0, 0.1) is 0 Å². The summed E-state index contributed by atoms with van der Waals surface area (Å²) < 4.78 is 5.49. The van der Waals surface area contributed by atoms with E-state index in [1.807, 2.05) is 20.8 Å². The van der Waals surface area contributed by atoms with Gasteiger partial charge in [0, 0.05) is 18.7 Å². The summed E-state index contributed by atoms with van der Waals surface area (Å²) >= 11 is 0. The van der Waals surface area contributed by atoms with Crippen molar-refractivity contribution >= 4 is 5.91 Å². The van der Waals surface area contributed by atoms with Gasteiger partial charge in [-0.1, -0.05) is 6.92 Å². The average molecular weight is 242 g/mol. The van der Waals surface area contributed by atoms with E-state index in [1.54, 1.807) is 0 Å². The molecule has 0 aromatic rings. The van der Waals surface area contributed by atoms with Crippen molar-refractivity contribution in [2.75, 3.05) is 6.61 Å². The Labute approximate surface area is 104 Å². The summed E-state index contributed by atoms with van der Waals surface area (Å²) in [5, 5.41) is 6.33. The predicted molar refractivity (Wildman–Crippen MR) is 68.9 cm³/mol. The lowest BCUT2D eigenvalue weighted by molar-refractivity contribution is -0.124. The largest absolute Gasteiger partial charge is 0.378 e. The van der Waals surface area contributed by atoms with E-state index in [-0.39, 0.29) is 18.0 Å². The van der Waals surface area contributed by atoms with Crippen molar-refractivity contribution in [2.45, 2.75) is 71.2 Å². The zero-order valence-corrected chi connectivity index (χ0v) is 11.5. The highest BCUT2D eigenvalue weighted by atomic mass is 16.5. The summed E-state index contributed by atoms with van der Waals surface area (Å²) in [5.41, 5.74) is 0. The zero-order chi connectivity index (χ0) is 12.8. The van der Waals surface area contributed by atoms with Crippen LogP contribution in [0.25, 0.3) is 0 Å². The first-order valence-electron chi connectivity index (χ1n) is 6.74. The molecule has 0 aromatic carbocycles. The molecule has 1 saturated carbocycles. The Balaban J connectivity index is 2.17. The van der Waals surface area contributed by atoms with E-state index in [0.717, 1.165) is 25.9 Å². The van der Waals surface area contributed by atoms with E-state index in [1.165, 1.54) is 0 Å². The molecule has 17 heavy (non-hydrogen) atoms. The van der Waals surface area contributed by atoms with E-state index in [0.29, 0.717) is 12.1 Å². The van der Waals surface area contributed by atoms with Gasteiger partial charge in [-0.3, -0.25) is 4.79 Å². The van der Waals surface area contributed by atoms with Crippen LogP contribution < -0.4 is 10.6 Å². The molecule has 1 fully saturated rings. The molecule has 0 heterocycles. The van der Waals surface area contributed by atoms with Gasteiger partial charge in [-0.05, 0) is 40.0 Å². The summed E-state index contributed by atoms with van der Waals surface area (Å²) in [6.45, 7) is 8.82. The fourth-order valence-corrected chi connectivity index (χ4v) is 1.97. The molecule has 0 radical (unpaired) electrons. The molecule has 100 valence electrons. The van der Waals surface area contributed by atoms with Gasteiger partial charge >= 0.3 is 0 Å². The predicted octanol–water partition coefficient (Wildman–Crippen LogP) is 1.45. The smallest absolute Gasteiger partial charge is 0.237 e. The van der Waals surface area contributed by atoms with Gasteiger partial charge in [0.15, 0.2) is 0 Å². The maximum atomic E-state index is 11.8. The molecule has 4 heteroatoms. The number of carbonyl (C=O) groups excluding carboxylic acids is 1. The molecule has 1 aliphatic rings. The second-order valence-corrected chi connectivity index (χ2v) is 4.95. The summed E-state index contributed by atoms with van der Waals surface area (Å²) in [7, 11) is 0. The summed E-state index contributed by atoms with van der Waals surface area (Å²) in [4.78, 5) is 11.8. The topological polar surface area (TPSA) is 50.4 Å². The van der Waals surface area contributed by atoms with Crippen molar-refractivity contribution in [1.29, 1.82) is 0 Å². The van der Waals surface area contributed by atoms with E-state index >= 15 is 0 Å². The van der Waals surface area contributed by atoms with Gasteiger partial charge in [0.05, 0.1) is 12.1 Å². The van der Waals surface area contributed by atoms with Gasteiger partial charge in [-0.2, -0.15) is 0 Å². The first-order valence-corrected chi connectivity index (χ1v) is 6.74. The number of hydrogen-bond donors (Lipinski definition) is 2. The van der Waals surface area contributed by atoms with Crippen molar-refractivity contribution in [3.05, 3.63) is 0 Å². The van der Waals surface area contributed by atoms with Gasteiger partial charge in [-0.15, -0.1) is 0 Å². The molecule has 2 unspecified atom stereocenters. The monoisotopic (exact) mass is 242 g/mol.